The molecule has 2 N–H and O–H groups in total. The predicted molar refractivity (Wildman–Crippen MR) is 134 cm³/mol. The second kappa shape index (κ2) is 14.2. The number of aliphatic hydroxyl groups excluding tert-OH is 1. The lowest BCUT2D eigenvalue weighted by Gasteiger charge is -2.36. The summed E-state index contributed by atoms with van der Waals surface area (Å²) in [5, 5.41) is 23.0. The molecule has 4 atom stereocenters. The molecule has 1 rings (SSSR count). The summed E-state index contributed by atoms with van der Waals surface area (Å²) in [5.74, 6) is 0.427. The van der Waals surface area contributed by atoms with Crippen molar-refractivity contribution in [1.82, 2.24) is 0 Å². The molecule has 0 radical (unpaired) electrons. The van der Waals surface area contributed by atoms with E-state index in [9.17, 15) is 10.3 Å². The highest BCUT2D eigenvalue weighted by atomic mass is 16.6. The van der Waals surface area contributed by atoms with Gasteiger partial charge in [0.1, 0.15) is 5.70 Å². The molecule has 33 heavy (non-hydrogen) atoms. The molecule has 0 aromatic heterocycles. The zero-order valence-electron chi connectivity index (χ0n) is 21.8. The van der Waals surface area contributed by atoms with Crippen molar-refractivity contribution in [1.29, 1.82) is 0 Å². The number of quaternary nitrogens is 1. The van der Waals surface area contributed by atoms with Crippen LogP contribution in [0.2, 0.25) is 0 Å². The van der Waals surface area contributed by atoms with E-state index in [4.69, 9.17) is 14.2 Å². The smallest absolute Gasteiger partial charge is 0.259 e. The van der Waals surface area contributed by atoms with Crippen LogP contribution in [0.4, 0.5) is 0 Å². The monoisotopic (exact) mass is 461 g/mol. The molecule has 6 nitrogen and oxygen atoms in total. The van der Waals surface area contributed by atoms with Crippen molar-refractivity contribution < 1.29 is 24.4 Å². The molecule has 0 spiro atoms. The van der Waals surface area contributed by atoms with Crippen molar-refractivity contribution in [3.05, 3.63) is 75.1 Å². The second-order valence-electron chi connectivity index (χ2n) is 8.64. The highest BCUT2D eigenvalue weighted by molar-refractivity contribution is 5.33. The van der Waals surface area contributed by atoms with Gasteiger partial charge in [-0.2, -0.15) is 0 Å². The lowest BCUT2D eigenvalue weighted by atomic mass is 9.95. The van der Waals surface area contributed by atoms with Crippen LogP contribution in [0.5, 0.6) is 0 Å². The Morgan fingerprint density at radius 2 is 1.85 bits per heavy atom. The lowest BCUT2D eigenvalue weighted by Crippen LogP contribution is -3.11. The first-order valence-corrected chi connectivity index (χ1v) is 11.6. The van der Waals surface area contributed by atoms with Crippen molar-refractivity contribution in [2.45, 2.75) is 73.1 Å². The van der Waals surface area contributed by atoms with E-state index < -0.39 is 6.23 Å². The number of rotatable bonds is 12. The number of hydroxylamine groups is 2. The molecule has 186 valence electrons. The van der Waals surface area contributed by atoms with Crippen LogP contribution < -0.4 is 5.06 Å². The van der Waals surface area contributed by atoms with Crippen molar-refractivity contribution in [2.75, 3.05) is 21.3 Å². The predicted octanol–water partition coefficient (Wildman–Crippen LogP) is 5.28. The Bertz CT molecular complexity index is 831. The van der Waals surface area contributed by atoms with Gasteiger partial charge in [-0.15, -0.1) is 0 Å². The molecule has 0 saturated heterocycles. The first kappa shape index (κ1) is 28.9. The number of methoxy groups -OCH3 is 3. The molecule has 0 aliphatic carbocycles. The zero-order chi connectivity index (χ0) is 25.1. The second-order valence-corrected chi connectivity index (χ2v) is 8.64. The Morgan fingerprint density at radius 1 is 1.18 bits per heavy atom. The fourth-order valence-corrected chi connectivity index (χ4v) is 4.19. The summed E-state index contributed by atoms with van der Waals surface area (Å²) in [4.78, 5) is 0. The van der Waals surface area contributed by atoms with Gasteiger partial charge in [0.05, 0.1) is 18.8 Å². The van der Waals surface area contributed by atoms with Crippen LogP contribution in [-0.2, 0) is 14.2 Å². The zero-order valence-corrected chi connectivity index (χ0v) is 21.8. The van der Waals surface area contributed by atoms with E-state index in [0.29, 0.717) is 17.7 Å². The van der Waals surface area contributed by atoms with Crippen LogP contribution in [0.15, 0.2) is 69.9 Å². The molecule has 0 aromatic carbocycles. The summed E-state index contributed by atoms with van der Waals surface area (Å²) in [5.41, 5.74) is 4.68. The van der Waals surface area contributed by atoms with E-state index in [1.165, 1.54) is 25.4 Å². The van der Waals surface area contributed by atoms with Crippen LogP contribution in [0.1, 0.15) is 60.8 Å². The largest absolute Gasteiger partial charge is 0.627 e. The van der Waals surface area contributed by atoms with E-state index in [0.717, 1.165) is 18.4 Å². The van der Waals surface area contributed by atoms with Crippen LogP contribution in [0.25, 0.3) is 0 Å². The summed E-state index contributed by atoms with van der Waals surface area (Å²) in [6.45, 7) is 12.3. The average molecular weight is 462 g/mol. The first-order chi connectivity index (χ1) is 15.6. The SMILES string of the molecule is CCC=C(C)C(OC)C(C)C=C(C)C=CCC(C)=CCC1=C(C)C(O)=C(OC)C(OC)[NH+]1[O-]. The maximum absolute atomic E-state index is 12.8. The Morgan fingerprint density at radius 3 is 2.39 bits per heavy atom. The number of aliphatic hydroxyl groups is 1. The van der Waals surface area contributed by atoms with E-state index in [1.54, 1.807) is 14.0 Å². The number of hydrogen-bond acceptors (Lipinski definition) is 5. The van der Waals surface area contributed by atoms with Gasteiger partial charge in [-0.3, -0.25) is 0 Å². The fraction of sp³-hybridized carbons (Fsp3) is 0.556. The molecule has 4 unspecified atom stereocenters. The van der Waals surface area contributed by atoms with Crippen molar-refractivity contribution in [2.24, 2.45) is 5.92 Å². The van der Waals surface area contributed by atoms with Crippen LogP contribution in [0, 0.1) is 11.1 Å². The Labute approximate surface area is 200 Å². The molecular formula is C27H43NO5. The van der Waals surface area contributed by atoms with Gasteiger partial charge < -0.3 is 29.6 Å². The van der Waals surface area contributed by atoms with Gasteiger partial charge in [-0.25, -0.2) is 0 Å². The topological polar surface area (TPSA) is 75.4 Å². The van der Waals surface area contributed by atoms with Gasteiger partial charge >= 0.3 is 0 Å². The van der Waals surface area contributed by atoms with Crippen molar-refractivity contribution in [3.8, 4) is 0 Å². The minimum absolute atomic E-state index is 0.0156. The first-order valence-electron chi connectivity index (χ1n) is 11.6. The maximum atomic E-state index is 12.8. The van der Waals surface area contributed by atoms with Crippen molar-refractivity contribution >= 4 is 0 Å². The molecule has 0 fully saturated rings. The third-order valence-electron chi connectivity index (χ3n) is 5.98. The summed E-state index contributed by atoms with van der Waals surface area (Å²) < 4.78 is 16.1. The minimum Gasteiger partial charge on any atom is -0.627 e. The number of hydrogen-bond donors (Lipinski definition) is 2. The molecule has 1 aliphatic heterocycles. The van der Waals surface area contributed by atoms with E-state index in [-0.39, 0.29) is 28.6 Å². The molecule has 0 bridgehead atoms. The fourth-order valence-electron chi connectivity index (χ4n) is 4.19. The minimum atomic E-state index is -0.899. The average Bonchev–Trinajstić information content (AvgIpc) is 2.76. The van der Waals surface area contributed by atoms with Gasteiger partial charge in [-0.1, -0.05) is 55.4 Å². The van der Waals surface area contributed by atoms with Gasteiger partial charge in [-0.05, 0) is 46.1 Å². The number of ether oxygens (including phenoxy) is 3. The molecule has 1 heterocycles. The summed E-state index contributed by atoms with van der Waals surface area (Å²) in [6, 6.07) is 0. The normalized spacial score (nSPS) is 22.9. The number of nitrogens with one attached hydrogen (secondary N) is 1. The molecule has 0 saturated carbocycles. The third-order valence-corrected chi connectivity index (χ3v) is 5.98. The van der Waals surface area contributed by atoms with E-state index in [1.807, 2.05) is 13.0 Å². The molecule has 0 amide bonds. The van der Waals surface area contributed by atoms with Gasteiger partial charge in [0.15, 0.2) is 5.76 Å². The molecule has 1 aliphatic rings. The van der Waals surface area contributed by atoms with Crippen molar-refractivity contribution in [3.63, 3.8) is 0 Å². The number of allylic oxidation sites excluding steroid dienone is 7. The Kier molecular flexibility index (Phi) is 12.4. The standard InChI is InChI=1S/C27H43NO5/c1-10-12-20(4)25(31-7)21(5)17-19(3)14-11-13-18(2)15-16-23-22(6)24(29)26(32-8)27(33-9)28(23)30/h11-12,14-15,17,21,25,27-29H,10,13,16H2,1-9H3. The van der Waals surface area contributed by atoms with Crippen LogP contribution in [-0.4, -0.2) is 38.8 Å². The highest BCUT2D eigenvalue weighted by Gasteiger charge is 2.35. The van der Waals surface area contributed by atoms with Crippen LogP contribution in [0.3, 0.4) is 0 Å². The molecule has 6 heteroatoms. The quantitative estimate of drug-likeness (QED) is 0.235. The molecule has 0 aromatic rings. The third kappa shape index (κ3) is 8.00. The van der Waals surface area contributed by atoms with Gasteiger partial charge in [0.25, 0.3) is 6.23 Å². The summed E-state index contributed by atoms with van der Waals surface area (Å²) in [6.07, 6.45) is 12.1. The summed E-state index contributed by atoms with van der Waals surface area (Å²) >= 11 is 0. The lowest BCUT2D eigenvalue weighted by molar-refractivity contribution is -0.860. The van der Waals surface area contributed by atoms with Gasteiger partial charge in [0, 0.05) is 26.6 Å². The highest BCUT2D eigenvalue weighted by Crippen LogP contribution is 2.23. The van der Waals surface area contributed by atoms with Gasteiger partial charge in [0.2, 0.25) is 5.76 Å². The molecular weight excluding hydrogens is 418 g/mol. The van der Waals surface area contributed by atoms with E-state index in [2.05, 4.69) is 52.0 Å². The van der Waals surface area contributed by atoms with Crippen LogP contribution >= 0.6 is 0 Å². The van der Waals surface area contributed by atoms with E-state index >= 15 is 0 Å². The maximum Gasteiger partial charge on any atom is 0.259 e. The summed E-state index contributed by atoms with van der Waals surface area (Å²) in [7, 11) is 4.62. The Hall–Kier alpha value is -2.12. The Balaban J connectivity index is 2.84.